The topological polar surface area (TPSA) is 90.1 Å². The van der Waals surface area contributed by atoms with E-state index in [0.29, 0.717) is 18.7 Å². The molecule has 10 heteroatoms. The Labute approximate surface area is 134 Å². The third-order valence-electron chi connectivity index (χ3n) is 3.19. The van der Waals surface area contributed by atoms with Gasteiger partial charge in [-0.15, -0.1) is 0 Å². The fourth-order valence-electron chi connectivity index (χ4n) is 2.11. The van der Waals surface area contributed by atoms with Crippen molar-refractivity contribution < 1.29 is 22.9 Å². The fourth-order valence-corrected chi connectivity index (χ4v) is 2.11. The molecule has 0 spiro atoms. The van der Waals surface area contributed by atoms with Crippen LogP contribution >= 0.6 is 0 Å². The third-order valence-corrected chi connectivity index (χ3v) is 3.19. The van der Waals surface area contributed by atoms with E-state index < -0.39 is 39.9 Å². The second-order valence-corrected chi connectivity index (χ2v) is 5.12. The number of nitro benzene ring substituents is 1. The number of hydrogen-bond acceptors (Lipinski definition) is 4. The average Bonchev–Trinajstić information content (AvgIpc) is 2.98. The van der Waals surface area contributed by atoms with Gasteiger partial charge in [-0.05, 0) is 19.1 Å². The van der Waals surface area contributed by atoms with Crippen LogP contribution < -0.4 is 5.32 Å². The summed E-state index contributed by atoms with van der Waals surface area (Å²) in [4.78, 5) is 26.0. The number of nitrogens with zero attached hydrogens (tertiary/aromatic N) is 3. The van der Waals surface area contributed by atoms with E-state index in [4.69, 9.17) is 0 Å². The monoisotopic (exact) mass is 342 g/mol. The van der Waals surface area contributed by atoms with Crippen LogP contribution in [-0.2, 0) is 12.7 Å². The van der Waals surface area contributed by atoms with E-state index in [9.17, 15) is 28.1 Å². The lowest BCUT2D eigenvalue weighted by Gasteiger charge is -2.15. The minimum absolute atomic E-state index is 0.357. The molecule has 1 aromatic carbocycles. The van der Waals surface area contributed by atoms with E-state index in [1.807, 2.05) is 0 Å². The van der Waals surface area contributed by atoms with Crippen molar-refractivity contribution >= 4 is 11.6 Å². The summed E-state index contributed by atoms with van der Waals surface area (Å²) in [6.45, 7) is 2.02. The summed E-state index contributed by atoms with van der Waals surface area (Å²) in [5.41, 5.74) is -2.50. The van der Waals surface area contributed by atoms with Gasteiger partial charge in [0.25, 0.3) is 11.6 Å². The normalized spacial score (nSPS) is 12.7. The Balaban J connectivity index is 2.20. The summed E-state index contributed by atoms with van der Waals surface area (Å²) in [5, 5.41) is 13.5. The fraction of sp³-hybridized carbons (Fsp3) is 0.286. The Morgan fingerprint density at radius 2 is 2.17 bits per heavy atom. The average molecular weight is 342 g/mol. The molecule has 0 saturated carbocycles. The maximum Gasteiger partial charge on any atom is 0.416 e. The molecule has 0 fully saturated rings. The molecule has 0 radical (unpaired) electrons. The molecule has 2 aromatic rings. The van der Waals surface area contributed by atoms with Crippen LogP contribution in [0.4, 0.5) is 18.9 Å². The van der Waals surface area contributed by atoms with Gasteiger partial charge in [0, 0.05) is 31.0 Å². The second kappa shape index (κ2) is 6.69. The maximum atomic E-state index is 12.7. The summed E-state index contributed by atoms with van der Waals surface area (Å²) >= 11 is 0. The molecule has 2 rings (SSSR count). The van der Waals surface area contributed by atoms with Gasteiger partial charge in [0.2, 0.25) is 0 Å². The Bertz CT molecular complexity index is 744. The summed E-state index contributed by atoms with van der Waals surface area (Å²) < 4.78 is 39.6. The van der Waals surface area contributed by atoms with Gasteiger partial charge in [0.1, 0.15) is 5.56 Å². The molecular weight excluding hydrogens is 329 g/mol. The number of carbonyl (C=O) groups excluding carboxylic acids is 1. The number of imidazole rings is 1. The van der Waals surface area contributed by atoms with Gasteiger partial charge in [0.05, 0.1) is 16.8 Å². The molecule has 0 aliphatic rings. The van der Waals surface area contributed by atoms with Gasteiger partial charge in [-0.3, -0.25) is 14.9 Å². The molecule has 128 valence electrons. The highest BCUT2D eigenvalue weighted by molar-refractivity contribution is 5.98. The van der Waals surface area contributed by atoms with E-state index in [1.54, 1.807) is 23.9 Å². The molecule has 1 amide bonds. The van der Waals surface area contributed by atoms with Gasteiger partial charge in [-0.2, -0.15) is 13.2 Å². The number of rotatable bonds is 5. The molecule has 1 aromatic heterocycles. The lowest BCUT2D eigenvalue weighted by Crippen LogP contribution is -2.35. The van der Waals surface area contributed by atoms with E-state index >= 15 is 0 Å². The molecule has 24 heavy (non-hydrogen) atoms. The smallest absolute Gasteiger partial charge is 0.348 e. The third kappa shape index (κ3) is 4.09. The standard InChI is InChI=1S/C14H13F3N4O3/c1-9(7-20-5-4-18-8-20)19-13(22)11-3-2-10(14(15,16)17)6-12(11)21(23)24/h2-6,8-9H,7H2,1H3,(H,19,22)/t9-/m1/s1. The maximum absolute atomic E-state index is 12.7. The molecule has 0 saturated heterocycles. The van der Waals surface area contributed by atoms with Crippen molar-refractivity contribution in [3.63, 3.8) is 0 Å². The van der Waals surface area contributed by atoms with Crippen LogP contribution in [0.2, 0.25) is 0 Å². The molecular formula is C14H13F3N4O3. The van der Waals surface area contributed by atoms with E-state index in [0.717, 1.165) is 6.07 Å². The number of halogens is 3. The number of alkyl halides is 3. The minimum Gasteiger partial charge on any atom is -0.348 e. The van der Waals surface area contributed by atoms with Gasteiger partial charge >= 0.3 is 6.18 Å². The Hall–Kier alpha value is -2.91. The van der Waals surface area contributed by atoms with Gasteiger partial charge < -0.3 is 9.88 Å². The zero-order chi connectivity index (χ0) is 17.9. The van der Waals surface area contributed by atoms with E-state index in [1.165, 1.54) is 6.33 Å². The molecule has 1 N–H and O–H groups in total. The number of carbonyl (C=O) groups is 1. The van der Waals surface area contributed by atoms with Gasteiger partial charge in [-0.25, -0.2) is 4.98 Å². The lowest BCUT2D eigenvalue weighted by molar-refractivity contribution is -0.385. The van der Waals surface area contributed by atoms with Crippen molar-refractivity contribution in [1.82, 2.24) is 14.9 Å². The Morgan fingerprint density at radius 1 is 1.46 bits per heavy atom. The highest BCUT2D eigenvalue weighted by Gasteiger charge is 2.34. The van der Waals surface area contributed by atoms with Crippen molar-refractivity contribution in [2.75, 3.05) is 0 Å². The Kier molecular flexibility index (Phi) is 4.86. The highest BCUT2D eigenvalue weighted by Crippen LogP contribution is 2.33. The van der Waals surface area contributed by atoms with Crippen LogP contribution in [0.15, 0.2) is 36.9 Å². The number of hydrogen-bond donors (Lipinski definition) is 1. The molecule has 0 bridgehead atoms. The Morgan fingerprint density at radius 3 is 2.71 bits per heavy atom. The van der Waals surface area contributed by atoms with Crippen molar-refractivity contribution in [2.24, 2.45) is 0 Å². The molecule has 0 aliphatic carbocycles. The predicted molar refractivity (Wildman–Crippen MR) is 77.3 cm³/mol. The van der Waals surface area contributed by atoms with Crippen LogP contribution in [0.5, 0.6) is 0 Å². The summed E-state index contributed by atoms with van der Waals surface area (Å²) in [7, 11) is 0. The van der Waals surface area contributed by atoms with Crippen LogP contribution in [0.25, 0.3) is 0 Å². The number of amides is 1. The van der Waals surface area contributed by atoms with Gasteiger partial charge in [0.15, 0.2) is 0 Å². The molecule has 0 aliphatic heterocycles. The van der Waals surface area contributed by atoms with Crippen molar-refractivity contribution in [1.29, 1.82) is 0 Å². The first-order valence-electron chi connectivity index (χ1n) is 6.80. The first-order chi connectivity index (χ1) is 11.2. The van der Waals surface area contributed by atoms with E-state index in [-0.39, 0.29) is 0 Å². The van der Waals surface area contributed by atoms with Crippen molar-refractivity contribution in [3.05, 3.63) is 58.2 Å². The predicted octanol–water partition coefficient (Wildman–Crippen LogP) is 2.63. The minimum atomic E-state index is -4.73. The zero-order valence-corrected chi connectivity index (χ0v) is 12.4. The lowest BCUT2D eigenvalue weighted by atomic mass is 10.1. The first-order valence-corrected chi connectivity index (χ1v) is 6.80. The summed E-state index contributed by atoms with van der Waals surface area (Å²) in [5.74, 6) is -0.817. The van der Waals surface area contributed by atoms with Crippen molar-refractivity contribution in [3.8, 4) is 0 Å². The van der Waals surface area contributed by atoms with Crippen LogP contribution in [-0.4, -0.2) is 26.4 Å². The highest BCUT2D eigenvalue weighted by atomic mass is 19.4. The van der Waals surface area contributed by atoms with Gasteiger partial charge in [-0.1, -0.05) is 0 Å². The zero-order valence-electron chi connectivity index (χ0n) is 12.4. The molecule has 1 heterocycles. The largest absolute Gasteiger partial charge is 0.416 e. The second-order valence-electron chi connectivity index (χ2n) is 5.12. The number of benzene rings is 1. The number of aromatic nitrogens is 2. The molecule has 7 nitrogen and oxygen atoms in total. The van der Waals surface area contributed by atoms with E-state index in [2.05, 4.69) is 10.3 Å². The first kappa shape index (κ1) is 17.4. The SMILES string of the molecule is C[C@H](Cn1ccnc1)NC(=O)c1ccc(C(F)(F)F)cc1[N+](=O)[O-]. The summed E-state index contributed by atoms with van der Waals surface area (Å²) in [6, 6.07) is 1.39. The molecule has 0 unspecified atom stereocenters. The number of nitrogens with one attached hydrogen (secondary N) is 1. The molecule has 1 atom stereocenters. The van der Waals surface area contributed by atoms with Crippen molar-refractivity contribution in [2.45, 2.75) is 25.7 Å². The van der Waals surface area contributed by atoms with Crippen LogP contribution in [0.1, 0.15) is 22.8 Å². The summed E-state index contributed by atoms with van der Waals surface area (Å²) in [6.07, 6.45) is 0.0240. The number of nitro groups is 1. The van der Waals surface area contributed by atoms with Crippen LogP contribution in [0, 0.1) is 10.1 Å². The van der Waals surface area contributed by atoms with Crippen LogP contribution in [0.3, 0.4) is 0 Å². The quantitative estimate of drug-likeness (QED) is 0.668.